The highest BCUT2D eigenvalue weighted by atomic mass is 32.1. The van der Waals surface area contributed by atoms with Crippen LogP contribution < -0.4 is 5.56 Å². The lowest BCUT2D eigenvalue weighted by molar-refractivity contribution is 0.656. The Morgan fingerprint density at radius 1 is 1.44 bits per heavy atom. The number of aromatic amines is 1. The van der Waals surface area contributed by atoms with Crippen molar-refractivity contribution in [2.45, 2.75) is 20.4 Å². The van der Waals surface area contributed by atoms with Gasteiger partial charge in [0.05, 0.1) is 11.9 Å². The zero-order valence-electron chi connectivity index (χ0n) is 10.1. The predicted molar refractivity (Wildman–Crippen MR) is 71.0 cm³/mol. The summed E-state index contributed by atoms with van der Waals surface area (Å²) in [6, 6.07) is 1.84. The molecule has 3 rings (SSSR count). The van der Waals surface area contributed by atoms with Crippen molar-refractivity contribution in [1.82, 2.24) is 19.7 Å². The highest BCUT2D eigenvalue weighted by molar-refractivity contribution is 7.18. The summed E-state index contributed by atoms with van der Waals surface area (Å²) in [5.41, 5.74) is 0.957. The van der Waals surface area contributed by atoms with Crippen molar-refractivity contribution in [1.29, 1.82) is 0 Å². The third-order valence-electron chi connectivity index (χ3n) is 2.96. The Bertz CT molecular complexity index is 754. The monoisotopic (exact) mass is 260 g/mol. The minimum absolute atomic E-state index is 0.0657. The standard InChI is InChI=1S/C12H12N4OS/c1-7-8(2)18-12-10(7)11(17)14-9(15-12)6-16-5-3-4-13-16/h3-5H,6H2,1-2H3,(H,14,15,17). The molecule has 0 bridgehead atoms. The predicted octanol–water partition coefficient (Wildman–Crippen LogP) is 1.85. The third-order valence-corrected chi connectivity index (χ3v) is 4.06. The molecule has 3 aromatic heterocycles. The quantitative estimate of drug-likeness (QED) is 0.764. The average Bonchev–Trinajstić information content (AvgIpc) is 2.89. The summed E-state index contributed by atoms with van der Waals surface area (Å²) in [5, 5.41) is 4.81. The second-order valence-electron chi connectivity index (χ2n) is 4.18. The van der Waals surface area contributed by atoms with Crippen LogP contribution in [0.15, 0.2) is 23.3 Å². The van der Waals surface area contributed by atoms with Crippen molar-refractivity contribution in [2.75, 3.05) is 0 Å². The molecule has 6 heteroatoms. The van der Waals surface area contributed by atoms with E-state index in [-0.39, 0.29) is 5.56 Å². The van der Waals surface area contributed by atoms with Gasteiger partial charge in [0.2, 0.25) is 0 Å². The van der Waals surface area contributed by atoms with Gasteiger partial charge < -0.3 is 4.98 Å². The Kier molecular flexibility index (Phi) is 2.52. The van der Waals surface area contributed by atoms with E-state index in [0.29, 0.717) is 17.8 Å². The van der Waals surface area contributed by atoms with Gasteiger partial charge in [-0.2, -0.15) is 5.10 Å². The molecule has 0 aliphatic carbocycles. The van der Waals surface area contributed by atoms with Crippen LogP contribution in [-0.4, -0.2) is 19.7 Å². The number of aryl methyl sites for hydroxylation is 2. The molecule has 0 unspecified atom stereocenters. The number of thiophene rings is 1. The van der Waals surface area contributed by atoms with E-state index in [4.69, 9.17) is 0 Å². The molecule has 3 aromatic rings. The largest absolute Gasteiger partial charge is 0.308 e. The molecule has 3 heterocycles. The number of fused-ring (bicyclic) bond motifs is 1. The van der Waals surface area contributed by atoms with Crippen molar-refractivity contribution in [3.05, 3.63) is 45.1 Å². The smallest absolute Gasteiger partial charge is 0.259 e. The summed E-state index contributed by atoms with van der Waals surface area (Å²) in [6.07, 6.45) is 3.55. The van der Waals surface area contributed by atoms with E-state index in [1.54, 1.807) is 22.2 Å². The van der Waals surface area contributed by atoms with Gasteiger partial charge in [-0.25, -0.2) is 4.98 Å². The molecule has 5 nitrogen and oxygen atoms in total. The molecule has 0 atom stereocenters. The van der Waals surface area contributed by atoms with Crippen LogP contribution in [0.25, 0.3) is 10.2 Å². The SMILES string of the molecule is Cc1sc2nc(Cn3cccn3)[nH]c(=O)c2c1C. The van der Waals surface area contributed by atoms with Gasteiger partial charge in [-0.1, -0.05) is 0 Å². The van der Waals surface area contributed by atoms with Crippen molar-refractivity contribution in [2.24, 2.45) is 0 Å². The highest BCUT2D eigenvalue weighted by Gasteiger charge is 2.11. The first-order chi connectivity index (χ1) is 8.65. The normalized spacial score (nSPS) is 11.2. The van der Waals surface area contributed by atoms with Crippen molar-refractivity contribution < 1.29 is 0 Å². The number of aromatic nitrogens is 4. The molecule has 92 valence electrons. The average molecular weight is 260 g/mol. The summed E-state index contributed by atoms with van der Waals surface area (Å²) in [5.74, 6) is 0.637. The maximum Gasteiger partial charge on any atom is 0.259 e. The molecule has 0 aromatic carbocycles. The molecule has 0 saturated carbocycles. The first kappa shape index (κ1) is 11.2. The summed E-state index contributed by atoms with van der Waals surface area (Å²) < 4.78 is 1.73. The lowest BCUT2D eigenvalue weighted by Gasteiger charge is -2.01. The van der Waals surface area contributed by atoms with Gasteiger partial charge in [-0.15, -0.1) is 11.3 Å². The van der Waals surface area contributed by atoms with Gasteiger partial charge in [0.15, 0.2) is 0 Å². The number of hydrogen-bond acceptors (Lipinski definition) is 4. The topological polar surface area (TPSA) is 63.6 Å². The minimum atomic E-state index is -0.0657. The summed E-state index contributed by atoms with van der Waals surface area (Å²) >= 11 is 1.56. The van der Waals surface area contributed by atoms with E-state index in [1.165, 1.54) is 0 Å². The molecule has 0 fully saturated rings. The number of nitrogens with one attached hydrogen (secondary N) is 1. The maximum atomic E-state index is 12.0. The van der Waals surface area contributed by atoms with E-state index in [1.807, 2.05) is 26.1 Å². The fraction of sp³-hybridized carbons (Fsp3) is 0.250. The molecule has 0 aliphatic rings. The van der Waals surface area contributed by atoms with Gasteiger partial charge in [-0.3, -0.25) is 9.48 Å². The van der Waals surface area contributed by atoms with Gasteiger partial charge in [-0.05, 0) is 25.5 Å². The lowest BCUT2D eigenvalue weighted by atomic mass is 10.2. The Morgan fingerprint density at radius 2 is 2.28 bits per heavy atom. The fourth-order valence-corrected chi connectivity index (χ4v) is 2.97. The Balaban J connectivity index is 2.13. The van der Waals surface area contributed by atoms with Gasteiger partial charge in [0, 0.05) is 17.3 Å². The van der Waals surface area contributed by atoms with E-state index < -0.39 is 0 Å². The van der Waals surface area contributed by atoms with E-state index in [0.717, 1.165) is 15.3 Å². The summed E-state index contributed by atoms with van der Waals surface area (Å²) in [7, 11) is 0. The van der Waals surface area contributed by atoms with Crippen molar-refractivity contribution >= 4 is 21.6 Å². The number of rotatable bonds is 2. The number of H-pyrrole nitrogens is 1. The summed E-state index contributed by atoms with van der Waals surface area (Å²) in [6.45, 7) is 4.45. The van der Waals surface area contributed by atoms with Crippen molar-refractivity contribution in [3.8, 4) is 0 Å². The van der Waals surface area contributed by atoms with Crippen LogP contribution in [0.1, 0.15) is 16.3 Å². The molecule has 0 radical (unpaired) electrons. The van der Waals surface area contributed by atoms with E-state index in [9.17, 15) is 4.79 Å². The second-order valence-corrected chi connectivity index (χ2v) is 5.38. The molecule has 0 amide bonds. The molecular weight excluding hydrogens is 248 g/mol. The first-order valence-electron chi connectivity index (χ1n) is 5.61. The van der Waals surface area contributed by atoms with E-state index >= 15 is 0 Å². The van der Waals surface area contributed by atoms with E-state index in [2.05, 4.69) is 15.1 Å². The third kappa shape index (κ3) is 1.74. The Labute approximate surface area is 107 Å². The molecule has 0 spiro atoms. The molecule has 0 saturated heterocycles. The molecular formula is C12H12N4OS. The second kappa shape index (κ2) is 4.06. The minimum Gasteiger partial charge on any atom is -0.308 e. The van der Waals surface area contributed by atoms with Gasteiger partial charge in [0.25, 0.3) is 5.56 Å². The van der Waals surface area contributed by atoms with Crippen LogP contribution in [-0.2, 0) is 6.54 Å². The van der Waals surface area contributed by atoms with Gasteiger partial charge >= 0.3 is 0 Å². The Hall–Kier alpha value is -1.95. The Morgan fingerprint density at radius 3 is 3.00 bits per heavy atom. The van der Waals surface area contributed by atoms with Crippen LogP contribution in [0.5, 0.6) is 0 Å². The molecule has 1 N–H and O–H groups in total. The van der Waals surface area contributed by atoms with Gasteiger partial charge in [0.1, 0.15) is 10.7 Å². The lowest BCUT2D eigenvalue weighted by Crippen LogP contribution is -2.14. The van der Waals surface area contributed by atoms with Crippen LogP contribution in [0.3, 0.4) is 0 Å². The van der Waals surface area contributed by atoms with Crippen molar-refractivity contribution in [3.63, 3.8) is 0 Å². The highest BCUT2D eigenvalue weighted by Crippen LogP contribution is 2.25. The van der Waals surface area contributed by atoms with Crippen LogP contribution in [0.2, 0.25) is 0 Å². The number of nitrogens with zero attached hydrogens (tertiary/aromatic N) is 3. The van der Waals surface area contributed by atoms with Crippen LogP contribution in [0, 0.1) is 13.8 Å². The fourth-order valence-electron chi connectivity index (χ4n) is 1.92. The molecule has 0 aliphatic heterocycles. The van der Waals surface area contributed by atoms with Crippen LogP contribution in [0.4, 0.5) is 0 Å². The molecule has 18 heavy (non-hydrogen) atoms. The number of hydrogen-bond donors (Lipinski definition) is 1. The summed E-state index contributed by atoms with van der Waals surface area (Å²) in [4.78, 5) is 21.3. The maximum absolute atomic E-state index is 12.0. The zero-order chi connectivity index (χ0) is 12.7. The first-order valence-corrected chi connectivity index (χ1v) is 6.43. The van der Waals surface area contributed by atoms with Crippen LogP contribution >= 0.6 is 11.3 Å². The zero-order valence-corrected chi connectivity index (χ0v) is 10.9.